The molecule has 4 heteroatoms. The van der Waals surface area contributed by atoms with Crippen LogP contribution in [0.4, 0.5) is 0 Å². The maximum Gasteiger partial charge on any atom is 0.217 e. The lowest BCUT2D eigenvalue weighted by Gasteiger charge is -1.96. The van der Waals surface area contributed by atoms with E-state index < -0.39 is 6.10 Å². The summed E-state index contributed by atoms with van der Waals surface area (Å²) >= 11 is 0. The lowest BCUT2D eigenvalue weighted by molar-refractivity contribution is 0.253. The van der Waals surface area contributed by atoms with Crippen molar-refractivity contribution in [2.75, 3.05) is 7.11 Å². The number of nitrogens with zero attached hydrogens (tertiary/aromatic N) is 2. The maximum atomic E-state index is 8.88. The standard InChI is InChI=1S/C9H10N2O2/c1-7(12)3-4-8-10-6-5-9(11-8)13-2/h5-7,12H,1-2H3/t7-/m1/s1. The third kappa shape index (κ3) is 3.09. The van der Waals surface area contributed by atoms with Crippen molar-refractivity contribution in [2.45, 2.75) is 13.0 Å². The van der Waals surface area contributed by atoms with E-state index in [-0.39, 0.29) is 0 Å². The molecule has 1 aromatic heterocycles. The number of aromatic nitrogens is 2. The predicted octanol–water partition coefficient (Wildman–Crippen LogP) is 0.217. The highest BCUT2D eigenvalue weighted by molar-refractivity contribution is 5.24. The van der Waals surface area contributed by atoms with Crippen LogP contribution >= 0.6 is 0 Å². The van der Waals surface area contributed by atoms with Gasteiger partial charge in [0.25, 0.3) is 0 Å². The lowest BCUT2D eigenvalue weighted by atomic mass is 10.4. The summed E-state index contributed by atoms with van der Waals surface area (Å²) in [5, 5.41) is 8.88. The molecule has 0 spiro atoms. The van der Waals surface area contributed by atoms with E-state index in [4.69, 9.17) is 9.84 Å². The summed E-state index contributed by atoms with van der Waals surface area (Å²) < 4.78 is 4.88. The van der Waals surface area contributed by atoms with Gasteiger partial charge in [0.1, 0.15) is 6.10 Å². The highest BCUT2D eigenvalue weighted by Crippen LogP contribution is 2.02. The summed E-state index contributed by atoms with van der Waals surface area (Å²) in [5.41, 5.74) is 0. The van der Waals surface area contributed by atoms with E-state index in [1.54, 1.807) is 19.2 Å². The van der Waals surface area contributed by atoms with Gasteiger partial charge in [-0.05, 0) is 12.8 Å². The number of rotatable bonds is 1. The Morgan fingerprint density at radius 2 is 2.38 bits per heavy atom. The lowest BCUT2D eigenvalue weighted by Crippen LogP contribution is -1.96. The van der Waals surface area contributed by atoms with Gasteiger partial charge in [0.05, 0.1) is 7.11 Å². The fourth-order valence-electron chi connectivity index (χ4n) is 0.685. The van der Waals surface area contributed by atoms with E-state index in [0.717, 1.165) is 0 Å². The van der Waals surface area contributed by atoms with Gasteiger partial charge >= 0.3 is 0 Å². The van der Waals surface area contributed by atoms with Gasteiger partial charge in [0.15, 0.2) is 0 Å². The zero-order chi connectivity index (χ0) is 9.68. The average molecular weight is 178 g/mol. The van der Waals surface area contributed by atoms with Crippen molar-refractivity contribution < 1.29 is 9.84 Å². The van der Waals surface area contributed by atoms with Gasteiger partial charge < -0.3 is 9.84 Å². The highest BCUT2D eigenvalue weighted by Gasteiger charge is 1.94. The van der Waals surface area contributed by atoms with Crippen LogP contribution in [0.1, 0.15) is 12.7 Å². The van der Waals surface area contributed by atoms with Gasteiger partial charge in [0, 0.05) is 12.3 Å². The molecule has 1 aromatic rings. The van der Waals surface area contributed by atoms with Crippen molar-refractivity contribution in [2.24, 2.45) is 0 Å². The molecule has 0 amide bonds. The van der Waals surface area contributed by atoms with E-state index >= 15 is 0 Å². The van der Waals surface area contributed by atoms with E-state index in [1.807, 2.05) is 0 Å². The third-order valence-electron chi connectivity index (χ3n) is 1.23. The van der Waals surface area contributed by atoms with Gasteiger partial charge in [-0.25, -0.2) is 4.98 Å². The normalized spacial score (nSPS) is 11.3. The molecule has 0 aliphatic heterocycles. The fraction of sp³-hybridized carbons (Fsp3) is 0.333. The van der Waals surface area contributed by atoms with E-state index in [9.17, 15) is 0 Å². The van der Waals surface area contributed by atoms with Crippen molar-refractivity contribution >= 4 is 0 Å². The molecule has 68 valence electrons. The van der Waals surface area contributed by atoms with Crippen molar-refractivity contribution in [3.05, 3.63) is 18.1 Å². The molecule has 4 nitrogen and oxygen atoms in total. The molecular weight excluding hydrogens is 168 g/mol. The Kier molecular flexibility index (Phi) is 3.23. The van der Waals surface area contributed by atoms with E-state index in [2.05, 4.69) is 21.8 Å². The topological polar surface area (TPSA) is 55.2 Å². The molecular formula is C9H10N2O2. The molecule has 0 radical (unpaired) electrons. The van der Waals surface area contributed by atoms with Crippen LogP contribution in [0.25, 0.3) is 0 Å². The van der Waals surface area contributed by atoms with Crippen molar-refractivity contribution in [3.63, 3.8) is 0 Å². The molecule has 0 aromatic carbocycles. The zero-order valence-corrected chi connectivity index (χ0v) is 7.48. The Morgan fingerprint density at radius 1 is 1.62 bits per heavy atom. The average Bonchev–Trinajstić information content (AvgIpc) is 2.15. The molecule has 1 atom stereocenters. The first-order valence-electron chi connectivity index (χ1n) is 3.79. The summed E-state index contributed by atoms with van der Waals surface area (Å²) in [6.45, 7) is 1.58. The smallest absolute Gasteiger partial charge is 0.217 e. The largest absolute Gasteiger partial charge is 0.481 e. The third-order valence-corrected chi connectivity index (χ3v) is 1.23. The molecule has 1 rings (SSSR count). The van der Waals surface area contributed by atoms with Crippen LogP contribution in [-0.4, -0.2) is 28.3 Å². The zero-order valence-electron chi connectivity index (χ0n) is 7.48. The molecule has 0 bridgehead atoms. The Balaban J connectivity index is 2.85. The minimum atomic E-state index is -0.671. The number of ether oxygens (including phenoxy) is 1. The van der Waals surface area contributed by atoms with Gasteiger partial charge in [-0.2, -0.15) is 4.98 Å². The second-order valence-corrected chi connectivity index (χ2v) is 2.37. The monoisotopic (exact) mass is 178 g/mol. The van der Waals surface area contributed by atoms with Crippen LogP contribution in [-0.2, 0) is 0 Å². The predicted molar refractivity (Wildman–Crippen MR) is 47.1 cm³/mol. The molecule has 1 heterocycles. The van der Waals surface area contributed by atoms with Crippen LogP contribution in [0.5, 0.6) is 5.88 Å². The summed E-state index contributed by atoms with van der Waals surface area (Å²) in [6, 6.07) is 1.63. The van der Waals surface area contributed by atoms with Gasteiger partial charge in [0.2, 0.25) is 11.7 Å². The number of hydrogen-bond acceptors (Lipinski definition) is 4. The Bertz CT molecular complexity index is 339. The van der Waals surface area contributed by atoms with Crippen LogP contribution in [0.3, 0.4) is 0 Å². The second kappa shape index (κ2) is 4.43. The summed E-state index contributed by atoms with van der Waals surface area (Å²) in [5.74, 6) is 5.96. The Labute approximate surface area is 76.6 Å². The van der Waals surface area contributed by atoms with Crippen LogP contribution < -0.4 is 4.74 Å². The van der Waals surface area contributed by atoms with Crippen LogP contribution in [0.15, 0.2) is 12.3 Å². The quantitative estimate of drug-likeness (QED) is 0.625. The molecule has 0 fully saturated rings. The van der Waals surface area contributed by atoms with Crippen molar-refractivity contribution in [1.29, 1.82) is 0 Å². The number of aliphatic hydroxyl groups excluding tert-OH is 1. The molecule has 0 saturated carbocycles. The first kappa shape index (κ1) is 9.49. The van der Waals surface area contributed by atoms with Gasteiger partial charge in [-0.15, -0.1) is 0 Å². The van der Waals surface area contributed by atoms with Gasteiger partial charge in [-0.3, -0.25) is 0 Å². The van der Waals surface area contributed by atoms with Crippen LogP contribution in [0, 0.1) is 11.8 Å². The Hall–Kier alpha value is -1.60. The molecule has 0 saturated heterocycles. The Morgan fingerprint density at radius 3 is 3.00 bits per heavy atom. The maximum absolute atomic E-state index is 8.88. The van der Waals surface area contributed by atoms with Crippen LogP contribution in [0.2, 0.25) is 0 Å². The van der Waals surface area contributed by atoms with Gasteiger partial charge in [-0.1, -0.05) is 5.92 Å². The SMILES string of the molecule is COc1ccnc(C#C[C@@H](C)O)n1. The van der Waals surface area contributed by atoms with E-state index in [0.29, 0.717) is 11.7 Å². The highest BCUT2D eigenvalue weighted by atomic mass is 16.5. The first-order valence-corrected chi connectivity index (χ1v) is 3.79. The molecule has 1 N–H and O–H groups in total. The summed E-state index contributed by atoms with van der Waals surface area (Å²) in [7, 11) is 1.52. The minimum Gasteiger partial charge on any atom is -0.481 e. The molecule has 13 heavy (non-hydrogen) atoms. The summed E-state index contributed by atoms with van der Waals surface area (Å²) in [4.78, 5) is 7.83. The fourth-order valence-corrected chi connectivity index (χ4v) is 0.685. The van der Waals surface area contributed by atoms with Crippen molar-refractivity contribution in [3.8, 4) is 17.7 Å². The number of methoxy groups -OCH3 is 1. The second-order valence-electron chi connectivity index (χ2n) is 2.37. The number of hydrogen-bond donors (Lipinski definition) is 1. The number of aliphatic hydroxyl groups is 1. The van der Waals surface area contributed by atoms with E-state index in [1.165, 1.54) is 7.11 Å². The minimum absolute atomic E-state index is 0.347. The molecule has 0 aliphatic rings. The first-order chi connectivity index (χ1) is 6.22. The van der Waals surface area contributed by atoms with Crippen molar-refractivity contribution in [1.82, 2.24) is 9.97 Å². The molecule has 0 unspecified atom stereocenters. The molecule has 0 aliphatic carbocycles. The summed E-state index contributed by atoms with van der Waals surface area (Å²) in [6.07, 6.45) is 0.882.